The number of carbonyl (C=O) groups is 2. The van der Waals surface area contributed by atoms with Crippen molar-refractivity contribution in [3.63, 3.8) is 0 Å². The molecule has 39 heavy (non-hydrogen) atoms. The van der Waals surface area contributed by atoms with Crippen molar-refractivity contribution in [2.75, 3.05) is 20.8 Å². The summed E-state index contributed by atoms with van der Waals surface area (Å²) in [5, 5.41) is 9.50. The van der Waals surface area contributed by atoms with E-state index in [-0.39, 0.29) is 42.5 Å². The lowest BCUT2D eigenvalue weighted by atomic mass is 10.0. The highest BCUT2D eigenvalue weighted by molar-refractivity contribution is 7.11. The van der Waals surface area contributed by atoms with Gasteiger partial charge in [0, 0.05) is 34.9 Å². The maximum absolute atomic E-state index is 13.4. The standard InChI is InChI=1S/C26H23F3N4O5S/c1-37-19-8-14(9-20(38-2)22(19)24(35)36)10-21(34)32-7-5-16-17-4-3-6-30-23(17)33(18(16)13-32)12-15-11-31-25(39-15)26(27,28)29/h3-4,6,8-9,11H,5,7,10,12-13H2,1-2H3,(H,35,36). The van der Waals surface area contributed by atoms with Crippen molar-refractivity contribution in [2.45, 2.75) is 32.1 Å². The van der Waals surface area contributed by atoms with E-state index in [1.165, 1.54) is 32.5 Å². The van der Waals surface area contributed by atoms with E-state index < -0.39 is 17.2 Å². The molecule has 0 radical (unpaired) electrons. The van der Waals surface area contributed by atoms with Crippen molar-refractivity contribution in [2.24, 2.45) is 0 Å². The number of carbonyl (C=O) groups excluding carboxylic acids is 1. The van der Waals surface area contributed by atoms with Crippen molar-refractivity contribution in [1.82, 2.24) is 19.4 Å². The Balaban J connectivity index is 1.44. The molecule has 1 N–H and O–H groups in total. The van der Waals surface area contributed by atoms with E-state index in [0.717, 1.165) is 16.6 Å². The third-order valence-electron chi connectivity index (χ3n) is 6.61. The first-order valence-electron chi connectivity index (χ1n) is 11.8. The molecule has 0 fully saturated rings. The smallest absolute Gasteiger partial charge is 0.443 e. The molecule has 1 aromatic carbocycles. The van der Waals surface area contributed by atoms with Crippen LogP contribution < -0.4 is 9.47 Å². The molecule has 0 aliphatic carbocycles. The molecule has 3 aromatic heterocycles. The highest BCUT2D eigenvalue weighted by Crippen LogP contribution is 2.35. The Bertz CT molecular complexity index is 1550. The van der Waals surface area contributed by atoms with Gasteiger partial charge in [0.15, 0.2) is 5.01 Å². The van der Waals surface area contributed by atoms with Crippen molar-refractivity contribution in [1.29, 1.82) is 0 Å². The summed E-state index contributed by atoms with van der Waals surface area (Å²) in [6.07, 6.45) is -1.14. The summed E-state index contributed by atoms with van der Waals surface area (Å²) < 4.78 is 51.7. The minimum Gasteiger partial charge on any atom is -0.496 e. The molecule has 0 spiro atoms. The van der Waals surface area contributed by atoms with Crippen LogP contribution in [0.15, 0.2) is 36.7 Å². The van der Waals surface area contributed by atoms with Gasteiger partial charge in [-0.05, 0) is 41.8 Å². The number of halogens is 3. The summed E-state index contributed by atoms with van der Waals surface area (Å²) in [7, 11) is 2.68. The molecule has 4 aromatic rings. The number of hydrogen-bond donors (Lipinski definition) is 1. The topological polar surface area (TPSA) is 107 Å². The normalized spacial score (nSPS) is 13.4. The number of carboxylic acids is 1. The van der Waals surface area contributed by atoms with E-state index in [4.69, 9.17) is 9.47 Å². The zero-order valence-electron chi connectivity index (χ0n) is 20.9. The van der Waals surface area contributed by atoms with Gasteiger partial charge in [-0.2, -0.15) is 13.2 Å². The molecule has 9 nitrogen and oxygen atoms in total. The monoisotopic (exact) mass is 560 g/mol. The number of fused-ring (bicyclic) bond motifs is 3. The first kappa shape index (κ1) is 26.5. The molecule has 0 atom stereocenters. The number of methoxy groups -OCH3 is 2. The number of ether oxygens (including phenoxy) is 2. The van der Waals surface area contributed by atoms with Crippen LogP contribution in [0.3, 0.4) is 0 Å². The maximum Gasteiger partial charge on any atom is 0.443 e. The zero-order valence-corrected chi connectivity index (χ0v) is 21.7. The Morgan fingerprint density at radius 2 is 1.87 bits per heavy atom. The number of carboxylic acid groups (broad SMARTS) is 1. The predicted octanol–water partition coefficient (Wildman–Crippen LogP) is 4.40. The van der Waals surface area contributed by atoms with Crippen LogP contribution in [0.1, 0.15) is 37.1 Å². The van der Waals surface area contributed by atoms with Crippen LogP contribution in [-0.2, 0) is 36.9 Å². The summed E-state index contributed by atoms with van der Waals surface area (Å²) in [6, 6.07) is 6.73. The molecule has 1 aliphatic heterocycles. The van der Waals surface area contributed by atoms with Gasteiger partial charge in [0.2, 0.25) is 5.91 Å². The summed E-state index contributed by atoms with van der Waals surface area (Å²) in [6.45, 7) is 0.834. The second-order valence-corrected chi connectivity index (χ2v) is 10.1. The van der Waals surface area contributed by atoms with Crippen LogP contribution in [0.2, 0.25) is 0 Å². The first-order valence-corrected chi connectivity index (χ1v) is 12.6. The number of aromatic carboxylic acids is 1. The fourth-order valence-electron chi connectivity index (χ4n) is 4.88. The Kier molecular flexibility index (Phi) is 6.93. The molecule has 0 bridgehead atoms. The number of pyridine rings is 1. The largest absolute Gasteiger partial charge is 0.496 e. The van der Waals surface area contributed by atoms with Crippen LogP contribution in [-0.4, -0.2) is 57.2 Å². The Morgan fingerprint density at radius 1 is 1.15 bits per heavy atom. The van der Waals surface area contributed by atoms with Crippen molar-refractivity contribution in [3.8, 4) is 11.5 Å². The number of alkyl halides is 3. The Morgan fingerprint density at radius 3 is 2.49 bits per heavy atom. The molecule has 1 amide bonds. The molecule has 5 rings (SSSR count). The van der Waals surface area contributed by atoms with Crippen molar-refractivity contribution < 1.29 is 37.3 Å². The number of aromatic nitrogens is 3. The third-order valence-corrected chi connectivity index (χ3v) is 7.64. The number of nitrogens with zero attached hydrogens (tertiary/aromatic N) is 4. The van der Waals surface area contributed by atoms with Crippen LogP contribution in [0.25, 0.3) is 11.0 Å². The molecule has 4 heterocycles. The second kappa shape index (κ2) is 10.2. The van der Waals surface area contributed by atoms with Gasteiger partial charge in [-0.15, -0.1) is 11.3 Å². The SMILES string of the molecule is COc1cc(CC(=O)N2CCc3c(n(Cc4cnc(C(F)(F)F)s4)c4ncccc34)C2)cc(OC)c1C(=O)O. The van der Waals surface area contributed by atoms with E-state index in [0.29, 0.717) is 40.4 Å². The van der Waals surface area contributed by atoms with Gasteiger partial charge in [0.1, 0.15) is 22.7 Å². The Labute approximate surface area is 224 Å². The van der Waals surface area contributed by atoms with Crippen LogP contribution in [0.5, 0.6) is 11.5 Å². The van der Waals surface area contributed by atoms with Gasteiger partial charge in [-0.25, -0.2) is 14.8 Å². The van der Waals surface area contributed by atoms with Gasteiger partial charge >= 0.3 is 12.1 Å². The molecule has 204 valence electrons. The number of hydrogen-bond acceptors (Lipinski definition) is 7. The van der Waals surface area contributed by atoms with Crippen molar-refractivity contribution in [3.05, 3.63) is 68.9 Å². The molecule has 13 heteroatoms. The maximum atomic E-state index is 13.4. The van der Waals surface area contributed by atoms with E-state index in [9.17, 15) is 27.9 Å². The molecular weight excluding hydrogens is 537 g/mol. The lowest BCUT2D eigenvalue weighted by molar-refractivity contribution is -0.137. The zero-order chi connectivity index (χ0) is 27.9. The molecule has 1 aliphatic rings. The molecular formula is C26H23F3N4O5S. The average molecular weight is 561 g/mol. The van der Waals surface area contributed by atoms with Crippen molar-refractivity contribution >= 4 is 34.2 Å². The minimum atomic E-state index is -4.52. The molecule has 0 saturated carbocycles. The van der Waals surface area contributed by atoms with Crippen LogP contribution in [0.4, 0.5) is 13.2 Å². The lowest BCUT2D eigenvalue weighted by Crippen LogP contribution is -2.37. The summed E-state index contributed by atoms with van der Waals surface area (Å²) in [5.41, 5.74) is 2.85. The first-order chi connectivity index (χ1) is 18.6. The number of rotatable bonds is 7. The third kappa shape index (κ3) is 5.01. The lowest BCUT2D eigenvalue weighted by Gasteiger charge is -2.29. The number of thiazole rings is 1. The van der Waals surface area contributed by atoms with Gasteiger partial charge in [0.05, 0.1) is 33.7 Å². The predicted molar refractivity (Wildman–Crippen MR) is 135 cm³/mol. The molecule has 0 unspecified atom stereocenters. The van der Waals surface area contributed by atoms with E-state index in [1.54, 1.807) is 17.2 Å². The minimum absolute atomic E-state index is 0.0236. The fourth-order valence-corrected chi connectivity index (χ4v) is 5.64. The number of benzene rings is 1. The highest BCUT2D eigenvalue weighted by atomic mass is 32.1. The summed E-state index contributed by atoms with van der Waals surface area (Å²) in [5.74, 6) is -1.25. The quantitative estimate of drug-likeness (QED) is 0.357. The fraction of sp³-hybridized carbons (Fsp3) is 0.308. The van der Waals surface area contributed by atoms with Crippen LogP contribution in [0, 0.1) is 0 Å². The number of amides is 1. The van der Waals surface area contributed by atoms with E-state index in [1.807, 2.05) is 10.6 Å². The molecule has 0 saturated heterocycles. The highest BCUT2D eigenvalue weighted by Gasteiger charge is 2.35. The summed E-state index contributed by atoms with van der Waals surface area (Å²) in [4.78, 5) is 35.1. The van der Waals surface area contributed by atoms with Gasteiger partial charge in [-0.1, -0.05) is 0 Å². The average Bonchev–Trinajstić information content (AvgIpc) is 3.51. The van der Waals surface area contributed by atoms with Gasteiger partial charge < -0.3 is 24.0 Å². The van der Waals surface area contributed by atoms with Gasteiger partial charge in [0.25, 0.3) is 0 Å². The van der Waals surface area contributed by atoms with E-state index in [2.05, 4.69) is 9.97 Å². The Hall–Kier alpha value is -4.13. The summed E-state index contributed by atoms with van der Waals surface area (Å²) >= 11 is 0.585. The van der Waals surface area contributed by atoms with Gasteiger partial charge in [-0.3, -0.25) is 4.79 Å². The van der Waals surface area contributed by atoms with Crippen LogP contribution >= 0.6 is 11.3 Å². The van der Waals surface area contributed by atoms with E-state index >= 15 is 0 Å². The second-order valence-electron chi connectivity index (χ2n) is 8.94.